The third-order valence-electron chi connectivity index (χ3n) is 4.30. The largest absolute Gasteiger partial charge is 0.355 e. The average Bonchev–Trinajstić information content (AvgIpc) is 2.60. The van der Waals surface area contributed by atoms with E-state index < -0.39 is 0 Å². The van der Waals surface area contributed by atoms with Crippen molar-refractivity contribution in [3.8, 4) is 0 Å². The molecule has 6 nitrogen and oxygen atoms in total. The Kier molecular flexibility index (Phi) is 9.54. The molecular weight excluding hydrogens is 359 g/mol. The van der Waals surface area contributed by atoms with E-state index in [9.17, 15) is 14.0 Å². The zero-order chi connectivity index (χ0) is 18.2. The molecule has 2 N–H and O–H groups in total. The second-order valence-corrected chi connectivity index (χ2v) is 6.35. The molecule has 0 aromatic heterocycles. The van der Waals surface area contributed by atoms with E-state index in [0.717, 1.165) is 18.5 Å². The number of halogens is 2. The van der Waals surface area contributed by atoms with Crippen molar-refractivity contribution in [1.29, 1.82) is 0 Å². The van der Waals surface area contributed by atoms with Crippen LogP contribution in [0.15, 0.2) is 24.3 Å². The third kappa shape index (κ3) is 6.55. The van der Waals surface area contributed by atoms with Gasteiger partial charge in [0.2, 0.25) is 11.8 Å². The van der Waals surface area contributed by atoms with E-state index >= 15 is 0 Å². The summed E-state index contributed by atoms with van der Waals surface area (Å²) in [6, 6.07) is 6.43. The van der Waals surface area contributed by atoms with Gasteiger partial charge in [-0.1, -0.05) is 19.1 Å². The maximum Gasteiger partial charge on any atom is 0.239 e. The second-order valence-electron chi connectivity index (χ2n) is 6.35. The summed E-state index contributed by atoms with van der Waals surface area (Å²) in [5.41, 5.74) is 0.850. The van der Waals surface area contributed by atoms with Crippen molar-refractivity contribution >= 4 is 24.2 Å². The summed E-state index contributed by atoms with van der Waals surface area (Å²) in [4.78, 5) is 27.7. The SMILES string of the molecule is CCCNC(=O)CN(C)C(=O)CN1CCNCC1c1cccc(F)c1.Cl. The van der Waals surface area contributed by atoms with Crippen LogP contribution in [0.3, 0.4) is 0 Å². The van der Waals surface area contributed by atoms with Crippen LogP contribution in [0.4, 0.5) is 4.39 Å². The molecule has 0 aliphatic carbocycles. The first kappa shape index (κ1) is 22.3. The van der Waals surface area contributed by atoms with E-state index in [-0.39, 0.29) is 49.2 Å². The summed E-state index contributed by atoms with van der Waals surface area (Å²) < 4.78 is 13.5. The highest BCUT2D eigenvalue weighted by molar-refractivity contribution is 5.85. The summed E-state index contributed by atoms with van der Waals surface area (Å²) >= 11 is 0. The molecule has 0 radical (unpaired) electrons. The van der Waals surface area contributed by atoms with Crippen molar-refractivity contribution in [2.75, 3.05) is 46.3 Å². The van der Waals surface area contributed by atoms with Gasteiger partial charge in [-0.25, -0.2) is 4.39 Å². The lowest BCUT2D eigenvalue weighted by atomic mass is 10.0. The first-order valence-corrected chi connectivity index (χ1v) is 8.72. The van der Waals surface area contributed by atoms with Crippen LogP contribution >= 0.6 is 12.4 Å². The Balaban J connectivity index is 0.00000338. The lowest BCUT2D eigenvalue weighted by molar-refractivity contribution is -0.136. The Labute approximate surface area is 160 Å². The Hall–Kier alpha value is -1.70. The Morgan fingerprint density at radius 3 is 2.88 bits per heavy atom. The van der Waals surface area contributed by atoms with Crippen molar-refractivity contribution in [3.63, 3.8) is 0 Å². The third-order valence-corrected chi connectivity index (χ3v) is 4.30. The minimum absolute atomic E-state index is 0. The van der Waals surface area contributed by atoms with Crippen molar-refractivity contribution in [2.45, 2.75) is 19.4 Å². The number of nitrogens with one attached hydrogen (secondary N) is 2. The molecule has 1 saturated heterocycles. The summed E-state index contributed by atoms with van der Waals surface area (Å²) in [7, 11) is 1.63. The highest BCUT2D eigenvalue weighted by Gasteiger charge is 2.27. The Morgan fingerprint density at radius 1 is 1.42 bits per heavy atom. The van der Waals surface area contributed by atoms with Gasteiger partial charge < -0.3 is 15.5 Å². The van der Waals surface area contributed by atoms with Gasteiger partial charge in [-0.05, 0) is 24.1 Å². The molecule has 1 aromatic carbocycles. The van der Waals surface area contributed by atoms with Crippen LogP contribution in [-0.4, -0.2) is 67.9 Å². The lowest BCUT2D eigenvalue weighted by Gasteiger charge is -2.36. The van der Waals surface area contributed by atoms with Gasteiger partial charge >= 0.3 is 0 Å². The molecule has 0 saturated carbocycles. The lowest BCUT2D eigenvalue weighted by Crippen LogP contribution is -2.50. The number of carbonyl (C=O) groups is 2. The van der Waals surface area contributed by atoms with Gasteiger partial charge in [0.25, 0.3) is 0 Å². The van der Waals surface area contributed by atoms with Crippen molar-refractivity contribution in [3.05, 3.63) is 35.6 Å². The molecular formula is C18H28ClFN4O2. The number of rotatable bonds is 7. The molecule has 1 unspecified atom stereocenters. The Morgan fingerprint density at radius 2 is 2.19 bits per heavy atom. The van der Waals surface area contributed by atoms with Gasteiger partial charge in [-0.3, -0.25) is 14.5 Å². The number of hydrogen-bond donors (Lipinski definition) is 2. The molecule has 1 atom stereocenters. The van der Waals surface area contributed by atoms with E-state index in [0.29, 0.717) is 19.6 Å². The van der Waals surface area contributed by atoms with Gasteiger partial charge in [0.15, 0.2) is 0 Å². The number of amides is 2. The van der Waals surface area contributed by atoms with Crippen LogP contribution in [0.2, 0.25) is 0 Å². The molecule has 1 fully saturated rings. The van der Waals surface area contributed by atoms with Crippen molar-refractivity contribution in [1.82, 2.24) is 20.4 Å². The van der Waals surface area contributed by atoms with Gasteiger partial charge in [0.1, 0.15) is 5.82 Å². The highest BCUT2D eigenvalue weighted by atomic mass is 35.5. The molecule has 0 spiro atoms. The fourth-order valence-electron chi connectivity index (χ4n) is 2.90. The quantitative estimate of drug-likeness (QED) is 0.738. The Bertz CT molecular complexity index is 602. The van der Waals surface area contributed by atoms with E-state index in [1.54, 1.807) is 13.1 Å². The summed E-state index contributed by atoms with van der Waals surface area (Å²) in [6.45, 7) is 4.99. The number of nitrogens with zero attached hydrogens (tertiary/aromatic N) is 2. The molecule has 2 rings (SSSR count). The molecule has 1 aromatic rings. The van der Waals surface area contributed by atoms with Gasteiger partial charge in [-0.15, -0.1) is 12.4 Å². The normalized spacial score (nSPS) is 17.3. The first-order valence-electron chi connectivity index (χ1n) is 8.72. The van der Waals surface area contributed by atoms with Crippen LogP contribution in [0, 0.1) is 5.82 Å². The molecule has 146 valence electrons. The van der Waals surface area contributed by atoms with Gasteiger partial charge in [0.05, 0.1) is 13.1 Å². The summed E-state index contributed by atoms with van der Waals surface area (Å²) in [5.74, 6) is -0.547. The topological polar surface area (TPSA) is 64.7 Å². The van der Waals surface area contributed by atoms with Gasteiger partial charge in [-0.2, -0.15) is 0 Å². The highest BCUT2D eigenvalue weighted by Crippen LogP contribution is 2.22. The van der Waals surface area contributed by atoms with Crippen LogP contribution in [0.1, 0.15) is 24.9 Å². The monoisotopic (exact) mass is 386 g/mol. The minimum Gasteiger partial charge on any atom is -0.355 e. The number of piperazine rings is 1. The first-order chi connectivity index (χ1) is 12.0. The van der Waals surface area contributed by atoms with E-state index in [1.807, 2.05) is 17.9 Å². The molecule has 1 heterocycles. The smallest absolute Gasteiger partial charge is 0.239 e. The molecule has 0 bridgehead atoms. The summed E-state index contributed by atoms with van der Waals surface area (Å²) in [6.07, 6.45) is 0.861. The molecule has 2 amide bonds. The molecule has 8 heteroatoms. The van der Waals surface area contributed by atoms with Crippen molar-refractivity contribution < 1.29 is 14.0 Å². The number of hydrogen-bond acceptors (Lipinski definition) is 4. The molecule has 1 aliphatic heterocycles. The summed E-state index contributed by atoms with van der Waals surface area (Å²) in [5, 5.41) is 6.05. The standard InChI is InChI=1S/C18H27FN4O2.ClH/c1-3-7-21-17(24)12-22(2)18(25)13-23-9-8-20-11-16(23)14-5-4-6-15(19)10-14;/h4-6,10,16,20H,3,7-9,11-13H2,1-2H3,(H,21,24);1H. The van der Waals surface area contributed by atoms with Crippen LogP contribution in [0.25, 0.3) is 0 Å². The zero-order valence-electron chi connectivity index (χ0n) is 15.3. The zero-order valence-corrected chi connectivity index (χ0v) is 16.2. The van der Waals surface area contributed by atoms with Gasteiger partial charge in [0, 0.05) is 39.3 Å². The number of likely N-dealkylation sites (N-methyl/N-ethyl adjacent to an activating group) is 1. The van der Waals surface area contributed by atoms with Crippen LogP contribution < -0.4 is 10.6 Å². The second kappa shape index (κ2) is 11.1. The maximum atomic E-state index is 13.5. The fraction of sp³-hybridized carbons (Fsp3) is 0.556. The van der Waals surface area contributed by atoms with E-state index in [2.05, 4.69) is 10.6 Å². The maximum absolute atomic E-state index is 13.5. The van der Waals surface area contributed by atoms with E-state index in [4.69, 9.17) is 0 Å². The van der Waals surface area contributed by atoms with Crippen molar-refractivity contribution in [2.24, 2.45) is 0 Å². The predicted molar refractivity (Wildman–Crippen MR) is 102 cm³/mol. The average molecular weight is 387 g/mol. The predicted octanol–water partition coefficient (Wildman–Crippen LogP) is 1.18. The van der Waals surface area contributed by atoms with E-state index in [1.165, 1.54) is 17.0 Å². The number of carbonyl (C=O) groups excluding carboxylic acids is 2. The molecule has 26 heavy (non-hydrogen) atoms. The van der Waals surface area contributed by atoms with Crippen LogP contribution in [-0.2, 0) is 9.59 Å². The van der Waals surface area contributed by atoms with Crippen LogP contribution in [0.5, 0.6) is 0 Å². The number of benzene rings is 1. The molecule has 1 aliphatic rings. The fourth-order valence-corrected chi connectivity index (χ4v) is 2.90. The minimum atomic E-state index is -0.279.